The minimum Gasteiger partial charge on any atom is -0.423 e. The summed E-state index contributed by atoms with van der Waals surface area (Å²) >= 11 is 0. The minimum absolute atomic E-state index is 0.297. The first kappa shape index (κ1) is 17.2. The van der Waals surface area contributed by atoms with Crippen molar-refractivity contribution in [2.24, 2.45) is 5.92 Å². The summed E-state index contributed by atoms with van der Waals surface area (Å²) in [6, 6.07) is 6.75. The van der Waals surface area contributed by atoms with E-state index in [-0.39, 0.29) is 11.9 Å². The average molecular weight is 292 g/mol. The Bertz CT molecular complexity index is 466. The molecule has 0 atom stereocenters. The van der Waals surface area contributed by atoms with Crippen LogP contribution in [0.3, 0.4) is 0 Å². The van der Waals surface area contributed by atoms with Crippen molar-refractivity contribution in [1.29, 1.82) is 0 Å². The second kappa shape index (κ2) is 9.16. The molecule has 0 heterocycles. The van der Waals surface area contributed by atoms with Crippen LogP contribution >= 0.6 is 0 Å². The molecule has 4 nitrogen and oxygen atoms in total. The van der Waals surface area contributed by atoms with Crippen LogP contribution in [-0.2, 0) is 9.59 Å². The van der Waals surface area contributed by atoms with Crippen LogP contribution < -0.4 is 9.47 Å². The second-order valence-corrected chi connectivity index (χ2v) is 5.43. The molecule has 0 N–H and O–H groups in total. The number of hydrogen-bond acceptors (Lipinski definition) is 4. The van der Waals surface area contributed by atoms with E-state index >= 15 is 0 Å². The molecule has 0 unspecified atom stereocenters. The molecule has 1 aromatic rings. The van der Waals surface area contributed by atoms with E-state index in [0.29, 0.717) is 30.3 Å². The highest BCUT2D eigenvalue weighted by Crippen LogP contribution is 2.27. The Morgan fingerprint density at radius 2 is 1.52 bits per heavy atom. The number of carbonyl (C=O) groups excluding carboxylic acids is 2. The van der Waals surface area contributed by atoms with Crippen molar-refractivity contribution >= 4 is 11.9 Å². The third-order valence-corrected chi connectivity index (χ3v) is 2.91. The van der Waals surface area contributed by atoms with Crippen molar-refractivity contribution in [3.63, 3.8) is 0 Å². The Kier molecular flexibility index (Phi) is 7.51. The molecule has 0 spiro atoms. The topological polar surface area (TPSA) is 52.6 Å². The van der Waals surface area contributed by atoms with Gasteiger partial charge in [0.05, 0.1) is 0 Å². The van der Waals surface area contributed by atoms with Crippen LogP contribution in [0.15, 0.2) is 24.3 Å². The summed E-state index contributed by atoms with van der Waals surface area (Å²) in [5.41, 5.74) is 0. The SMILES string of the molecule is CCCC(=O)Oc1ccccc1OC(=O)CCCC(C)C. The molecular weight excluding hydrogens is 268 g/mol. The Hall–Kier alpha value is -1.84. The summed E-state index contributed by atoms with van der Waals surface area (Å²) < 4.78 is 10.5. The molecule has 4 heteroatoms. The van der Waals surface area contributed by atoms with E-state index in [1.807, 2.05) is 6.92 Å². The summed E-state index contributed by atoms with van der Waals surface area (Å²) in [4.78, 5) is 23.3. The van der Waals surface area contributed by atoms with Gasteiger partial charge in [-0.2, -0.15) is 0 Å². The largest absolute Gasteiger partial charge is 0.423 e. The van der Waals surface area contributed by atoms with Crippen LogP contribution in [0, 0.1) is 5.92 Å². The van der Waals surface area contributed by atoms with E-state index in [9.17, 15) is 9.59 Å². The smallest absolute Gasteiger partial charge is 0.311 e. The van der Waals surface area contributed by atoms with Crippen LogP contribution in [0.5, 0.6) is 11.5 Å². The van der Waals surface area contributed by atoms with Crippen LogP contribution in [0.4, 0.5) is 0 Å². The minimum atomic E-state index is -0.319. The summed E-state index contributed by atoms with van der Waals surface area (Å²) in [5.74, 6) is 0.556. The average Bonchev–Trinajstić information content (AvgIpc) is 2.41. The molecule has 0 radical (unpaired) electrons. The standard InChI is InChI=1S/C17H24O4/c1-4-8-16(18)20-14-10-5-6-11-15(14)21-17(19)12-7-9-13(2)3/h5-6,10-11,13H,4,7-9,12H2,1-3H3. The van der Waals surface area contributed by atoms with Crippen molar-refractivity contribution in [1.82, 2.24) is 0 Å². The zero-order chi connectivity index (χ0) is 15.7. The molecule has 1 aromatic carbocycles. The Labute approximate surface area is 126 Å². The summed E-state index contributed by atoms with van der Waals surface area (Å²) in [6.45, 7) is 6.14. The highest BCUT2D eigenvalue weighted by atomic mass is 16.6. The summed E-state index contributed by atoms with van der Waals surface area (Å²) in [6.07, 6.45) is 3.22. The van der Waals surface area contributed by atoms with Crippen LogP contribution in [0.1, 0.15) is 52.9 Å². The fourth-order valence-corrected chi connectivity index (χ4v) is 1.82. The number of carbonyl (C=O) groups is 2. The van der Waals surface area contributed by atoms with Gasteiger partial charge in [-0.25, -0.2) is 0 Å². The van der Waals surface area contributed by atoms with Gasteiger partial charge in [-0.3, -0.25) is 9.59 Å². The fraction of sp³-hybridized carbons (Fsp3) is 0.529. The van der Waals surface area contributed by atoms with Gasteiger partial charge in [0.1, 0.15) is 0 Å². The van der Waals surface area contributed by atoms with Gasteiger partial charge in [0, 0.05) is 12.8 Å². The van der Waals surface area contributed by atoms with E-state index in [4.69, 9.17) is 9.47 Å². The molecule has 0 aliphatic rings. The second-order valence-electron chi connectivity index (χ2n) is 5.43. The molecule has 0 saturated carbocycles. The van der Waals surface area contributed by atoms with E-state index in [1.54, 1.807) is 24.3 Å². The molecule has 0 aliphatic carbocycles. The number of ether oxygens (including phenoxy) is 2. The molecule has 0 amide bonds. The van der Waals surface area contributed by atoms with Gasteiger partial charge in [-0.15, -0.1) is 0 Å². The first-order valence-corrected chi connectivity index (χ1v) is 7.53. The lowest BCUT2D eigenvalue weighted by Crippen LogP contribution is -2.11. The molecule has 0 aliphatic heterocycles. The third kappa shape index (κ3) is 6.93. The maximum Gasteiger partial charge on any atom is 0.311 e. The molecule has 21 heavy (non-hydrogen) atoms. The predicted octanol–water partition coefficient (Wildman–Crippen LogP) is 4.12. The van der Waals surface area contributed by atoms with E-state index < -0.39 is 0 Å². The highest BCUT2D eigenvalue weighted by Gasteiger charge is 2.12. The summed E-state index contributed by atoms with van der Waals surface area (Å²) in [5, 5.41) is 0. The zero-order valence-electron chi connectivity index (χ0n) is 13.1. The molecule has 1 rings (SSSR count). The Morgan fingerprint density at radius 1 is 1.00 bits per heavy atom. The van der Waals surface area contributed by atoms with E-state index in [1.165, 1.54) is 0 Å². The van der Waals surface area contributed by atoms with Gasteiger partial charge in [0.2, 0.25) is 0 Å². The quantitative estimate of drug-likeness (QED) is 0.534. The number of benzene rings is 1. The van der Waals surface area contributed by atoms with E-state index in [2.05, 4.69) is 13.8 Å². The molecule has 0 bridgehead atoms. The summed E-state index contributed by atoms with van der Waals surface area (Å²) in [7, 11) is 0. The van der Waals surface area contributed by atoms with Gasteiger partial charge in [-0.05, 0) is 30.9 Å². The fourth-order valence-electron chi connectivity index (χ4n) is 1.82. The molecule has 0 saturated heterocycles. The Balaban J connectivity index is 2.58. The Morgan fingerprint density at radius 3 is 2.00 bits per heavy atom. The first-order valence-electron chi connectivity index (χ1n) is 7.53. The zero-order valence-corrected chi connectivity index (χ0v) is 13.1. The van der Waals surface area contributed by atoms with Gasteiger partial charge in [0.25, 0.3) is 0 Å². The normalized spacial score (nSPS) is 10.5. The van der Waals surface area contributed by atoms with Crippen LogP contribution in [0.25, 0.3) is 0 Å². The molecular formula is C17H24O4. The van der Waals surface area contributed by atoms with Crippen molar-refractivity contribution in [2.45, 2.75) is 52.9 Å². The van der Waals surface area contributed by atoms with Crippen molar-refractivity contribution in [2.75, 3.05) is 0 Å². The van der Waals surface area contributed by atoms with Crippen molar-refractivity contribution < 1.29 is 19.1 Å². The monoisotopic (exact) mass is 292 g/mol. The maximum atomic E-state index is 11.8. The third-order valence-electron chi connectivity index (χ3n) is 2.91. The highest BCUT2D eigenvalue weighted by molar-refractivity contribution is 5.76. The molecule has 116 valence electrons. The lowest BCUT2D eigenvalue weighted by atomic mass is 10.1. The number of hydrogen-bond donors (Lipinski definition) is 0. The van der Waals surface area contributed by atoms with Gasteiger partial charge in [0.15, 0.2) is 11.5 Å². The lowest BCUT2D eigenvalue weighted by Gasteiger charge is -2.10. The predicted molar refractivity (Wildman–Crippen MR) is 81.3 cm³/mol. The number of para-hydroxylation sites is 2. The van der Waals surface area contributed by atoms with Crippen LogP contribution in [0.2, 0.25) is 0 Å². The van der Waals surface area contributed by atoms with Crippen LogP contribution in [-0.4, -0.2) is 11.9 Å². The van der Waals surface area contributed by atoms with Crippen molar-refractivity contribution in [3.8, 4) is 11.5 Å². The lowest BCUT2D eigenvalue weighted by molar-refractivity contribution is -0.137. The molecule has 0 fully saturated rings. The van der Waals surface area contributed by atoms with Gasteiger partial charge >= 0.3 is 11.9 Å². The van der Waals surface area contributed by atoms with Gasteiger partial charge in [-0.1, -0.05) is 39.3 Å². The van der Waals surface area contributed by atoms with Crippen molar-refractivity contribution in [3.05, 3.63) is 24.3 Å². The number of rotatable bonds is 8. The maximum absolute atomic E-state index is 11.8. The van der Waals surface area contributed by atoms with E-state index in [0.717, 1.165) is 19.3 Å². The van der Waals surface area contributed by atoms with Gasteiger partial charge < -0.3 is 9.47 Å². The first-order chi connectivity index (χ1) is 10.0. The molecule has 0 aromatic heterocycles. The number of esters is 2.